The average molecular weight is 287 g/mol. The van der Waals surface area contributed by atoms with Gasteiger partial charge < -0.3 is 20.3 Å². The lowest BCUT2D eigenvalue weighted by Gasteiger charge is -2.12. The molecule has 3 N–H and O–H groups in total. The number of aromatic carboxylic acids is 1. The van der Waals surface area contributed by atoms with Crippen molar-refractivity contribution in [1.82, 2.24) is 0 Å². The highest BCUT2D eigenvalue weighted by Crippen LogP contribution is 2.30. The summed E-state index contributed by atoms with van der Waals surface area (Å²) in [6.45, 7) is 2.61. The predicted octanol–water partition coefficient (Wildman–Crippen LogP) is 3.10. The van der Waals surface area contributed by atoms with Crippen molar-refractivity contribution in [2.24, 2.45) is 0 Å². The average Bonchev–Trinajstić information content (AvgIpc) is 2.48. The van der Waals surface area contributed by atoms with Gasteiger partial charge >= 0.3 is 5.97 Å². The van der Waals surface area contributed by atoms with Gasteiger partial charge in [0.25, 0.3) is 0 Å². The minimum absolute atomic E-state index is 0.0691. The molecule has 0 atom stereocenters. The minimum Gasteiger partial charge on any atom is -0.504 e. The first-order chi connectivity index (χ1) is 10.1. The van der Waals surface area contributed by atoms with Crippen LogP contribution in [0.5, 0.6) is 11.5 Å². The highest BCUT2D eigenvalue weighted by atomic mass is 16.5. The van der Waals surface area contributed by atoms with E-state index < -0.39 is 5.97 Å². The first-order valence-electron chi connectivity index (χ1n) is 6.63. The largest absolute Gasteiger partial charge is 0.504 e. The smallest absolute Gasteiger partial charge is 0.337 e. The Morgan fingerprint density at radius 2 is 1.95 bits per heavy atom. The van der Waals surface area contributed by atoms with Crippen molar-refractivity contribution < 1.29 is 19.7 Å². The molecule has 0 aliphatic rings. The molecule has 0 spiro atoms. The zero-order valence-electron chi connectivity index (χ0n) is 11.7. The van der Waals surface area contributed by atoms with E-state index in [1.54, 1.807) is 36.4 Å². The number of carbonyl (C=O) groups is 1. The van der Waals surface area contributed by atoms with E-state index in [2.05, 4.69) is 5.32 Å². The van der Waals surface area contributed by atoms with E-state index in [1.165, 1.54) is 6.07 Å². The van der Waals surface area contributed by atoms with Gasteiger partial charge in [0, 0.05) is 17.8 Å². The number of nitrogens with one attached hydrogen (secondary N) is 1. The summed E-state index contributed by atoms with van der Waals surface area (Å²) in [6, 6.07) is 11.9. The van der Waals surface area contributed by atoms with Crippen molar-refractivity contribution in [2.75, 3.05) is 11.9 Å². The fourth-order valence-corrected chi connectivity index (χ4v) is 2.00. The summed E-state index contributed by atoms with van der Waals surface area (Å²) in [4.78, 5) is 11.1. The number of ether oxygens (including phenoxy) is 1. The van der Waals surface area contributed by atoms with Crippen LogP contribution in [-0.4, -0.2) is 22.8 Å². The number of hydrogen-bond donors (Lipinski definition) is 3. The van der Waals surface area contributed by atoms with Crippen molar-refractivity contribution in [3.05, 3.63) is 53.6 Å². The number of phenols is 1. The van der Waals surface area contributed by atoms with Crippen molar-refractivity contribution in [3.63, 3.8) is 0 Å². The number of hydrogen-bond acceptors (Lipinski definition) is 4. The monoisotopic (exact) mass is 287 g/mol. The van der Waals surface area contributed by atoms with Gasteiger partial charge in [-0.05, 0) is 25.1 Å². The molecule has 5 heteroatoms. The van der Waals surface area contributed by atoms with Gasteiger partial charge in [0.05, 0.1) is 12.2 Å². The summed E-state index contributed by atoms with van der Waals surface area (Å²) >= 11 is 0. The second-order valence-electron chi connectivity index (χ2n) is 4.40. The van der Waals surface area contributed by atoms with Crippen LogP contribution in [0.3, 0.4) is 0 Å². The molecule has 0 heterocycles. The van der Waals surface area contributed by atoms with Crippen LogP contribution in [0.2, 0.25) is 0 Å². The molecule has 5 nitrogen and oxygen atoms in total. The number of rotatable bonds is 6. The minimum atomic E-state index is -0.995. The van der Waals surface area contributed by atoms with Crippen LogP contribution in [0, 0.1) is 0 Å². The van der Waals surface area contributed by atoms with Gasteiger partial charge in [-0.25, -0.2) is 4.79 Å². The van der Waals surface area contributed by atoms with Crippen LogP contribution in [0.15, 0.2) is 42.5 Å². The third kappa shape index (κ3) is 3.45. The van der Waals surface area contributed by atoms with Crippen LogP contribution in [0.1, 0.15) is 22.8 Å². The zero-order valence-corrected chi connectivity index (χ0v) is 11.7. The molecule has 110 valence electrons. The number of anilines is 1. The summed E-state index contributed by atoms with van der Waals surface area (Å²) in [6.07, 6.45) is 0. The van der Waals surface area contributed by atoms with E-state index in [0.29, 0.717) is 30.2 Å². The summed E-state index contributed by atoms with van der Waals surface area (Å²) < 4.78 is 5.32. The van der Waals surface area contributed by atoms with E-state index >= 15 is 0 Å². The van der Waals surface area contributed by atoms with E-state index in [-0.39, 0.29) is 11.3 Å². The Bertz CT molecular complexity index is 640. The molecule has 0 aliphatic heterocycles. The Morgan fingerprint density at radius 3 is 2.67 bits per heavy atom. The van der Waals surface area contributed by atoms with E-state index in [9.17, 15) is 9.90 Å². The van der Waals surface area contributed by atoms with Gasteiger partial charge in [-0.1, -0.05) is 24.3 Å². The molecule has 0 aliphatic carbocycles. The lowest BCUT2D eigenvalue weighted by molar-refractivity contribution is 0.0698. The maximum absolute atomic E-state index is 11.1. The molecule has 0 bridgehead atoms. The predicted molar refractivity (Wildman–Crippen MR) is 80.0 cm³/mol. The normalized spacial score (nSPS) is 10.1. The Hall–Kier alpha value is -2.69. The molecule has 0 fully saturated rings. The molecule has 2 aromatic carbocycles. The van der Waals surface area contributed by atoms with Crippen molar-refractivity contribution in [1.29, 1.82) is 0 Å². The van der Waals surface area contributed by atoms with Crippen LogP contribution < -0.4 is 10.1 Å². The SMILES string of the molecule is CCOc1cccc(CNc2ccccc2C(=O)O)c1O. The number of carboxylic acids is 1. The highest BCUT2D eigenvalue weighted by molar-refractivity contribution is 5.94. The third-order valence-electron chi connectivity index (χ3n) is 3.01. The standard InChI is InChI=1S/C16H17NO4/c1-2-21-14-9-5-6-11(15(14)18)10-17-13-8-4-3-7-12(13)16(19)20/h3-9,17-18H,2,10H2,1H3,(H,19,20). The van der Waals surface area contributed by atoms with Gasteiger partial charge in [0.15, 0.2) is 11.5 Å². The lowest BCUT2D eigenvalue weighted by atomic mass is 10.1. The summed E-state index contributed by atoms with van der Waals surface area (Å²) in [5, 5.41) is 22.2. The van der Waals surface area contributed by atoms with Crippen molar-refractivity contribution >= 4 is 11.7 Å². The number of carboxylic acid groups (broad SMARTS) is 1. The van der Waals surface area contributed by atoms with Crippen LogP contribution in [-0.2, 0) is 6.54 Å². The topological polar surface area (TPSA) is 78.8 Å². The Kier molecular flexibility index (Phi) is 4.66. The maximum atomic E-state index is 11.1. The molecule has 2 rings (SSSR count). The maximum Gasteiger partial charge on any atom is 0.337 e. The van der Waals surface area contributed by atoms with Gasteiger partial charge in [0.2, 0.25) is 0 Å². The molecular formula is C16H17NO4. The molecule has 0 unspecified atom stereocenters. The molecule has 0 aromatic heterocycles. The number of para-hydroxylation sites is 2. The Morgan fingerprint density at radius 1 is 1.19 bits per heavy atom. The van der Waals surface area contributed by atoms with Gasteiger partial charge in [-0.15, -0.1) is 0 Å². The highest BCUT2D eigenvalue weighted by Gasteiger charge is 2.11. The van der Waals surface area contributed by atoms with Gasteiger partial charge in [-0.2, -0.15) is 0 Å². The van der Waals surface area contributed by atoms with Crippen LogP contribution in [0.25, 0.3) is 0 Å². The summed E-state index contributed by atoms with van der Waals surface area (Å²) in [7, 11) is 0. The van der Waals surface area contributed by atoms with E-state index in [0.717, 1.165) is 0 Å². The fourth-order valence-electron chi connectivity index (χ4n) is 2.00. The van der Waals surface area contributed by atoms with Crippen molar-refractivity contribution in [2.45, 2.75) is 13.5 Å². The quantitative estimate of drug-likeness (QED) is 0.761. The zero-order chi connectivity index (χ0) is 15.2. The lowest BCUT2D eigenvalue weighted by Crippen LogP contribution is -2.06. The second kappa shape index (κ2) is 6.65. The molecule has 0 saturated carbocycles. The first-order valence-corrected chi connectivity index (χ1v) is 6.63. The molecule has 0 radical (unpaired) electrons. The molecule has 0 amide bonds. The van der Waals surface area contributed by atoms with E-state index in [1.807, 2.05) is 6.92 Å². The first kappa shape index (κ1) is 14.7. The Labute approximate surface area is 122 Å². The number of benzene rings is 2. The Balaban J connectivity index is 2.17. The van der Waals surface area contributed by atoms with Gasteiger partial charge in [0.1, 0.15) is 0 Å². The van der Waals surface area contributed by atoms with Gasteiger partial charge in [-0.3, -0.25) is 0 Å². The van der Waals surface area contributed by atoms with Crippen LogP contribution >= 0.6 is 0 Å². The third-order valence-corrected chi connectivity index (χ3v) is 3.01. The molecule has 0 saturated heterocycles. The molecule has 2 aromatic rings. The van der Waals surface area contributed by atoms with E-state index in [4.69, 9.17) is 9.84 Å². The number of aromatic hydroxyl groups is 1. The van der Waals surface area contributed by atoms with Crippen LogP contribution in [0.4, 0.5) is 5.69 Å². The fraction of sp³-hybridized carbons (Fsp3) is 0.188. The van der Waals surface area contributed by atoms with Crippen molar-refractivity contribution in [3.8, 4) is 11.5 Å². The second-order valence-corrected chi connectivity index (χ2v) is 4.40. The summed E-state index contributed by atoms with van der Waals surface area (Å²) in [5.41, 5.74) is 1.34. The number of phenolic OH excluding ortho intramolecular Hbond substituents is 1. The molecule has 21 heavy (non-hydrogen) atoms. The molecular weight excluding hydrogens is 270 g/mol. The summed E-state index contributed by atoms with van der Waals surface area (Å²) in [5.74, 6) is -0.506.